The molecule has 5 amide bonds. The van der Waals surface area contributed by atoms with E-state index in [2.05, 4.69) is 10.6 Å². The van der Waals surface area contributed by atoms with E-state index in [1.807, 2.05) is 0 Å². The minimum absolute atomic E-state index is 0.0493. The number of piperidine rings is 1. The number of halogens is 1. The van der Waals surface area contributed by atoms with E-state index in [4.69, 9.17) is 4.74 Å². The first-order chi connectivity index (χ1) is 14.4. The van der Waals surface area contributed by atoms with Gasteiger partial charge in [0.2, 0.25) is 11.8 Å². The van der Waals surface area contributed by atoms with Crippen LogP contribution in [-0.2, 0) is 9.59 Å². The van der Waals surface area contributed by atoms with E-state index >= 15 is 0 Å². The van der Waals surface area contributed by atoms with Crippen LogP contribution in [0.15, 0.2) is 42.5 Å². The number of imide groups is 2. The lowest BCUT2D eigenvalue weighted by Crippen LogP contribution is -2.54. The number of benzene rings is 2. The molecule has 0 aliphatic carbocycles. The number of ether oxygens (including phenoxy) is 1. The van der Waals surface area contributed by atoms with Crippen molar-refractivity contribution in [3.63, 3.8) is 0 Å². The molecule has 4 rings (SSSR count). The lowest BCUT2D eigenvalue weighted by atomic mass is 10.0. The maximum atomic E-state index is 15.0. The molecule has 2 aromatic rings. The molecule has 30 heavy (non-hydrogen) atoms. The average Bonchev–Trinajstić information content (AvgIpc) is 2.96. The van der Waals surface area contributed by atoms with Crippen LogP contribution in [0.2, 0.25) is 0 Å². The van der Waals surface area contributed by atoms with Gasteiger partial charge >= 0.3 is 6.09 Å². The molecule has 2 aliphatic rings. The first-order valence-corrected chi connectivity index (χ1v) is 8.95. The molecule has 0 spiro atoms. The molecule has 1 unspecified atom stereocenters. The van der Waals surface area contributed by atoms with Crippen molar-refractivity contribution in [2.24, 2.45) is 0 Å². The third-order valence-corrected chi connectivity index (χ3v) is 4.74. The SMILES string of the molecule is O=C1CCC(N2C(=O)c3ccc(NC(=O)Oc4ccccc4)c(F)c3C2=O)C(=O)N1. The summed E-state index contributed by atoms with van der Waals surface area (Å²) in [6.07, 6.45) is -1.09. The molecule has 2 N–H and O–H groups in total. The van der Waals surface area contributed by atoms with Gasteiger partial charge in [-0.25, -0.2) is 9.18 Å². The van der Waals surface area contributed by atoms with E-state index in [1.165, 1.54) is 18.2 Å². The summed E-state index contributed by atoms with van der Waals surface area (Å²) < 4.78 is 20.0. The summed E-state index contributed by atoms with van der Waals surface area (Å²) >= 11 is 0. The van der Waals surface area contributed by atoms with Crippen molar-refractivity contribution in [2.75, 3.05) is 5.32 Å². The zero-order valence-corrected chi connectivity index (χ0v) is 15.3. The van der Waals surface area contributed by atoms with Crippen LogP contribution in [0.3, 0.4) is 0 Å². The van der Waals surface area contributed by atoms with Crippen molar-refractivity contribution < 1.29 is 33.1 Å². The zero-order chi connectivity index (χ0) is 21.4. The lowest BCUT2D eigenvalue weighted by Gasteiger charge is -2.27. The molecule has 0 aromatic heterocycles. The van der Waals surface area contributed by atoms with Crippen molar-refractivity contribution in [1.29, 1.82) is 0 Å². The van der Waals surface area contributed by atoms with Gasteiger partial charge in [0.25, 0.3) is 11.8 Å². The molecule has 0 saturated carbocycles. The Kier molecular flexibility index (Phi) is 4.74. The number of anilines is 1. The first kappa shape index (κ1) is 19.2. The maximum Gasteiger partial charge on any atom is 0.417 e. The van der Waals surface area contributed by atoms with Gasteiger partial charge in [-0.2, -0.15) is 0 Å². The predicted molar refractivity (Wildman–Crippen MR) is 99.2 cm³/mol. The normalized spacial score (nSPS) is 18.2. The molecule has 152 valence electrons. The van der Waals surface area contributed by atoms with Crippen LogP contribution in [-0.4, -0.2) is 40.7 Å². The number of rotatable bonds is 3. The van der Waals surface area contributed by atoms with Crippen LogP contribution in [0.4, 0.5) is 14.9 Å². The van der Waals surface area contributed by atoms with E-state index < -0.39 is 47.1 Å². The van der Waals surface area contributed by atoms with Crippen LogP contribution < -0.4 is 15.4 Å². The summed E-state index contributed by atoms with van der Waals surface area (Å²) in [6.45, 7) is 0. The Bertz CT molecular complexity index is 1100. The van der Waals surface area contributed by atoms with Crippen LogP contribution in [0, 0.1) is 5.82 Å². The lowest BCUT2D eigenvalue weighted by molar-refractivity contribution is -0.136. The molecule has 1 fully saturated rings. The van der Waals surface area contributed by atoms with Crippen LogP contribution in [0.25, 0.3) is 0 Å². The van der Waals surface area contributed by atoms with Gasteiger partial charge in [0.05, 0.1) is 16.8 Å². The number of hydrogen-bond donors (Lipinski definition) is 2. The number of hydrogen-bond acceptors (Lipinski definition) is 6. The highest BCUT2D eigenvalue weighted by Gasteiger charge is 2.46. The van der Waals surface area contributed by atoms with Crippen LogP contribution >= 0.6 is 0 Å². The predicted octanol–water partition coefficient (Wildman–Crippen LogP) is 1.84. The largest absolute Gasteiger partial charge is 0.417 e. The molecule has 1 atom stereocenters. The van der Waals surface area contributed by atoms with Gasteiger partial charge in [-0.3, -0.25) is 34.7 Å². The van der Waals surface area contributed by atoms with E-state index in [0.29, 0.717) is 4.90 Å². The van der Waals surface area contributed by atoms with E-state index in [-0.39, 0.29) is 29.8 Å². The standard InChI is InChI=1S/C20H14FN3O6/c21-16-12(22-20(29)30-10-4-2-1-3-5-10)7-6-11-15(16)19(28)24(18(11)27)13-8-9-14(25)23-17(13)26/h1-7,13H,8-9H2,(H,22,29)(H,23,25,26). The molecular weight excluding hydrogens is 397 g/mol. The smallest absolute Gasteiger partial charge is 0.410 e. The first-order valence-electron chi connectivity index (χ1n) is 8.95. The monoisotopic (exact) mass is 411 g/mol. The van der Waals surface area contributed by atoms with Gasteiger partial charge in [-0.05, 0) is 30.7 Å². The molecule has 2 aromatic carbocycles. The number of amides is 5. The number of carbonyl (C=O) groups excluding carboxylic acids is 5. The van der Waals surface area contributed by atoms with Crippen LogP contribution in [0.1, 0.15) is 33.6 Å². The fourth-order valence-corrected chi connectivity index (χ4v) is 3.34. The van der Waals surface area contributed by atoms with Crippen molar-refractivity contribution in [3.8, 4) is 5.75 Å². The summed E-state index contributed by atoms with van der Waals surface area (Å²) in [5.74, 6) is -4.06. The molecular formula is C20H14FN3O6. The van der Waals surface area contributed by atoms with Crippen LogP contribution in [0.5, 0.6) is 5.75 Å². The summed E-state index contributed by atoms with van der Waals surface area (Å²) in [7, 11) is 0. The Morgan fingerprint density at radius 1 is 1.07 bits per heavy atom. The fraction of sp³-hybridized carbons (Fsp3) is 0.150. The number of fused-ring (bicyclic) bond motifs is 1. The number of nitrogens with zero attached hydrogens (tertiary/aromatic N) is 1. The van der Waals surface area contributed by atoms with Gasteiger partial charge in [0.15, 0.2) is 5.82 Å². The van der Waals surface area contributed by atoms with Crippen molar-refractivity contribution >= 4 is 35.4 Å². The quantitative estimate of drug-likeness (QED) is 0.744. The molecule has 0 bridgehead atoms. The Morgan fingerprint density at radius 2 is 1.80 bits per heavy atom. The molecule has 0 radical (unpaired) electrons. The zero-order valence-electron chi connectivity index (χ0n) is 15.3. The highest BCUT2D eigenvalue weighted by molar-refractivity contribution is 6.24. The summed E-state index contributed by atoms with van der Waals surface area (Å²) in [5, 5.41) is 4.25. The third-order valence-electron chi connectivity index (χ3n) is 4.74. The number of carbonyl (C=O) groups is 5. The molecule has 2 aliphatic heterocycles. The summed E-state index contributed by atoms with van der Waals surface area (Å²) in [4.78, 5) is 61.4. The Morgan fingerprint density at radius 3 is 2.50 bits per heavy atom. The van der Waals surface area contributed by atoms with Gasteiger partial charge in [0, 0.05) is 6.42 Å². The van der Waals surface area contributed by atoms with Crippen molar-refractivity contribution in [1.82, 2.24) is 10.2 Å². The number of para-hydroxylation sites is 1. The van der Waals surface area contributed by atoms with E-state index in [1.54, 1.807) is 18.2 Å². The highest BCUT2D eigenvalue weighted by Crippen LogP contribution is 2.32. The van der Waals surface area contributed by atoms with Gasteiger partial charge in [-0.15, -0.1) is 0 Å². The van der Waals surface area contributed by atoms with Gasteiger partial charge in [-0.1, -0.05) is 18.2 Å². The fourth-order valence-electron chi connectivity index (χ4n) is 3.34. The Labute approximate surface area is 168 Å². The van der Waals surface area contributed by atoms with Crippen molar-refractivity contribution in [2.45, 2.75) is 18.9 Å². The topological polar surface area (TPSA) is 122 Å². The summed E-state index contributed by atoms with van der Waals surface area (Å²) in [5.41, 5.74) is -1.15. The second-order valence-corrected chi connectivity index (χ2v) is 6.62. The Hall–Kier alpha value is -4.08. The van der Waals surface area contributed by atoms with E-state index in [9.17, 15) is 28.4 Å². The molecule has 10 heteroatoms. The molecule has 2 heterocycles. The van der Waals surface area contributed by atoms with E-state index in [0.717, 1.165) is 6.07 Å². The minimum Gasteiger partial charge on any atom is -0.410 e. The second-order valence-electron chi connectivity index (χ2n) is 6.62. The highest BCUT2D eigenvalue weighted by atomic mass is 19.1. The molecule has 9 nitrogen and oxygen atoms in total. The Balaban J connectivity index is 1.58. The van der Waals surface area contributed by atoms with Gasteiger partial charge < -0.3 is 4.74 Å². The van der Waals surface area contributed by atoms with Crippen molar-refractivity contribution in [3.05, 3.63) is 59.4 Å². The average molecular weight is 411 g/mol. The molecule has 1 saturated heterocycles. The minimum atomic E-state index is -1.21. The number of nitrogens with one attached hydrogen (secondary N) is 2. The van der Waals surface area contributed by atoms with Gasteiger partial charge in [0.1, 0.15) is 11.8 Å². The maximum absolute atomic E-state index is 15.0. The third kappa shape index (κ3) is 3.28. The second kappa shape index (κ2) is 7.39. The summed E-state index contributed by atoms with van der Waals surface area (Å²) in [6, 6.07) is 9.16.